The minimum absolute atomic E-state index is 0.0105. The van der Waals surface area contributed by atoms with Crippen molar-refractivity contribution < 1.29 is 19.1 Å². The van der Waals surface area contributed by atoms with Crippen LogP contribution in [0.3, 0.4) is 0 Å². The van der Waals surface area contributed by atoms with Gasteiger partial charge in [-0.3, -0.25) is 10.1 Å². The molecular formula is C16H24N2O4S. The van der Waals surface area contributed by atoms with Crippen LogP contribution in [0.15, 0.2) is 24.3 Å². The fourth-order valence-electron chi connectivity index (χ4n) is 1.64. The highest BCUT2D eigenvalue weighted by molar-refractivity contribution is 8.00. The molecule has 1 aromatic rings. The van der Waals surface area contributed by atoms with Crippen LogP contribution >= 0.6 is 11.8 Å². The molecule has 0 aromatic heterocycles. The topological polar surface area (TPSA) is 76.7 Å². The van der Waals surface area contributed by atoms with Gasteiger partial charge in [-0.2, -0.15) is 0 Å². The SMILES string of the molecule is COc1ccc(OCCSC(C)C(=O)NC(=O)NC(C)C)cc1. The van der Waals surface area contributed by atoms with E-state index in [1.165, 1.54) is 11.8 Å². The minimum atomic E-state index is -0.466. The zero-order valence-electron chi connectivity index (χ0n) is 13.9. The molecular weight excluding hydrogens is 316 g/mol. The van der Waals surface area contributed by atoms with E-state index in [1.54, 1.807) is 14.0 Å². The van der Waals surface area contributed by atoms with E-state index in [2.05, 4.69) is 10.6 Å². The molecule has 0 aliphatic rings. The van der Waals surface area contributed by atoms with Crippen molar-refractivity contribution in [3.8, 4) is 11.5 Å². The van der Waals surface area contributed by atoms with E-state index in [4.69, 9.17) is 9.47 Å². The highest BCUT2D eigenvalue weighted by atomic mass is 32.2. The number of nitrogens with one attached hydrogen (secondary N) is 2. The third-order valence-corrected chi connectivity index (χ3v) is 3.92. The molecule has 2 N–H and O–H groups in total. The first-order valence-corrected chi connectivity index (χ1v) is 8.47. The lowest BCUT2D eigenvalue weighted by molar-refractivity contribution is -0.119. The average Bonchev–Trinajstić information content (AvgIpc) is 2.50. The number of benzene rings is 1. The predicted molar refractivity (Wildman–Crippen MR) is 92.2 cm³/mol. The smallest absolute Gasteiger partial charge is 0.321 e. The molecule has 1 rings (SSSR count). The van der Waals surface area contributed by atoms with Crippen molar-refractivity contribution in [2.75, 3.05) is 19.5 Å². The van der Waals surface area contributed by atoms with Crippen LogP contribution in [-0.2, 0) is 4.79 Å². The van der Waals surface area contributed by atoms with Crippen LogP contribution in [0.2, 0.25) is 0 Å². The first-order valence-electron chi connectivity index (χ1n) is 7.42. The second-order valence-corrected chi connectivity index (χ2v) is 6.60. The number of thioether (sulfide) groups is 1. The lowest BCUT2D eigenvalue weighted by Gasteiger charge is -2.13. The highest BCUT2D eigenvalue weighted by Gasteiger charge is 2.16. The summed E-state index contributed by atoms with van der Waals surface area (Å²) in [5.74, 6) is 1.86. The van der Waals surface area contributed by atoms with Crippen LogP contribution in [0.5, 0.6) is 11.5 Å². The van der Waals surface area contributed by atoms with E-state index < -0.39 is 6.03 Å². The summed E-state index contributed by atoms with van der Waals surface area (Å²) >= 11 is 1.43. The Morgan fingerprint density at radius 1 is 1.13 bits per heavy atom. The Morgan fingerprint density at radius 3 is 2.30 bits per heavy atom. The standard InChI is InChI=1S/C16H24N2O4S/c1-11(2)17-16(20)18-15(19)12(3)23-10-9-22-14-7-5-13(21-4)6-8-14/h5-8,11-12H,9-10H2,1-4H3,(H2,17,18,19,20). The molecule has 0 fully saturated rings. The summed E-state index contributed by atoms with van der Waals surface area (Å²) < 4.78 is 10.7. The van der Waals surface area contributed by atoms with E-state index in [-0.39, 0.29) is 17.2 Å². The average molecular weight is 340 g/mol. The summed E-state index contributed by atoms with van der Waals surface area (Å²) in [6.07, 6.45) is 0. The summed E-state index contributed by atoms with van der Waals surface area (Å²) in [4.78, 5) is 23.3. The number of ether oxygens (including phenoxy) is 2. The molecule has 0 heterocycles. The zero-order chi connectivity index (χ0) is 17.2. The van der Waals surface area contributed by atoms with Crippen LogP contribution in [0.25, 0.3) is 0 Å². The summed E-state index contributed by atoms with van der Waals surface area (Å²) in [6.45, 7) is 5.90. The Kier molecular flexibility index (Phi) is 8.32. The molecule has 23 heavy (non-hydrogen) atoms. The molecule has 0 saturated heterocycles. The molecule has 3 amide bonds. The molecule has 6 nitrogen and oxygen atoms in total. The van der Waals surface area contributed by atoms with E-state index in [0.717, 1.165) is 11.5 Å². The van der Waals surface area contributed by atoms with Crippen molar-refractivity contribution >= 4 is 23.7 Å². The molecule has 1 atom stereocenters. The number of carbonyl (C=O) groups is 2. The number of rotatable bonds is 8. The maximum Gasteiger partial charge on any atom is 0.321 e. The van der Waals surface area contributed by atoms with Crippen LogP contribution < -0.4 is 20.1 Å². The number of imide groups is 1. The Morgan fingerprint density at radius 2 is 1.74 bits per heavy atom. The third-order valence-electron chi connectivity index (χ3n) is 2.81. The third kappa shape index (κ3) is 7.78. The number of methoxy groups -OCH3 is 1. The number of urea groups is 1. The largest absolute Gasteiger partial charge is 0.497 e. The number of hydrogen-bond donors (Lipinski definition) is 2. The zero-order valence-corrected chi connectivity index (χ0v) is 14.7. The van der Waals surface area contributed by atoms with Gasteiger partial charge in [-0.1, -0.05) is 0 Å². The van der Waals surface area contributed by atoms with Gasteiger partial charge >= 0.3 is 6.03 Å². The monoisotopic (exact) mass is 340 g/mol. The van der Waals surface area contributed by atoms with Gasteiger partial charge in [0, 0.05) is 11.8 Å². The normalized spacial score (nSPS) is 11.7. The van der Waals surface area contributed by atoms with Gasteiger partial charge in [0.1, 0.15) is 11.5 Å². The molecule has 0 aliphatic heterocycles. The Balaban J connectivity index is 2.23. The van der Waals surface area contributed by atoms with Gasteiger partial charge in [-0.05, 0) is 45.0 Å². The quantitative estimate of drug-likeness (QED) is 0.711. The van der Waals surface area contributed by atoms with Crippen molar-refractivity contribution in [3.63, 3.8) is 0 Å². The van der Waals surface area contributed by atoms with Crippen molar-refractivity contribution in [1.29, 1.82) is 0 Å². The fourth-order valence-corrected chi connectivity index (χ4v) is 2.39. The van der Waals surface area contributed by atoms with Crippen molar-refractivity contribution in [1.82, 2.24) is 10.6 Å². The van der Waals surface area contributed by atoms with Crippen molar-refractivity contribution in [2.24, 2.45) is 0 Å². The van der Waals surface area contributed by atoms with Gasteiger partial charge in [-0.25, -0.2) is 4.79 Å². The summed E-state index contributed by atoms with van der Waals surface area (Å²) in [6, 6.07) is 6.83. The van der Waals surface area contributed by atoms with Crippen LogP contribution in [-0.4, -0.2) is 42.7 Å². The lowest BCUT2D eigenvalue weighted by atomic mass is 10.3. The summed E-state index contributed by atoms with van der Waals surface area (Å²) in [5, 5.41) is 4.60. The predicted octanol–water partition coefficient (Wildman–Crippen LogP) is 2.43. The van der Waals surface area contributed by atoms with Gasteiger partial charge in [0.05, 0.1) is 19.0 Å². The molecule has 0 saturated carbocycles. The summed E-state index contributed by atoms with van der Waals surface area (Å²) in [5.41, 5.74) is 0. The highest BCUT2D eigenvalue weighted by Crippen LogP contribution is 2.17. The molecule has 7 heteroatoms. The Labute approximate surface area is 141 Å². The van der Waals surface area contributed by atoms with Gasteiger partial charge in [0.2, 0.25) is 5.91 Å². The Hall–Kier alpha value is -1.89. The number of carbonyl (C=O) groups excluding carboxylic acids is 2. The van der Waals surface area contributed by atoms with Crippen LogP contribution in [0.1, 0.15) is 20.8 Å². The first kappa shape index (κ1) is 19.2. The first-order chi connectivity index (χ1) is 10.9. The van der Waals surface area contributed by atoms with Gasteiger partial charge < -0.3 is 14.8 Å². The molecule has 1 unspecified atom stereocenters. The van der Waals surface area contributed by atoms with Gasteiger partial charge in [0.25, 0.3) is 0 Å². The number of hydrogen-bond acceptors (Lipinski definition) is 5. The molecule has 128 valence electrons. The molecule has 0 aliphatic carbocycles. The van der Waals surface area contributed by atoms with E-state index in [9.17, 15) is 9.59 Å². The molecule has 0 bridgehead atoms. The maximum atomic E-state index is 11.8. The molecule has 1 aromatic carbocycles. The fraction of sp³-hybridized carbons (Fsp3) is 0.500. The van der Waals surface area contributed by atoms with Gasteiger partial charge in [0.15, 0.2) is 0 Å². The minimum Gasteiger partial charge on any atom is -0.497 e. The second kappa shape index (κ2) is 9.99. The Bertz CT molecular complexity index is 505. The van der Waals surface area contributed by atoms with Gasteiger partial charge in [-0.15, -0.1) is 11.8 Å². The van der Waals surface area contributed by atoms with Crippen molar-refractivity contribution in [2.45, 2.75) is 32.1 Å². The van der Waals surface area contributed by atoms with Crippen LogP contribution in [0, 0.1) is 0 Å². The van der Waals surface area contributed by atoms with E-state index in [0.29, 0.717) is 12.4 Å². The molecule has 0 spiro atoms. The van der Waals surface area contributed by atoms with Crippen LogP contribution in [0.4, 0.5) is 4.79 Å². The van der Waals surface area contributed by atoms with E-state index >= 15 is 0 Å². The van der Waals surface area contributed by atoms with E-state index in [1.807, 2.05) is 38.1 Å². The van der Waals surface area contributed by atoms with Crippen molar-refractivity contribution in [3.05, 3.63) is 24.3 Å². The molecule has 0 radical (unpaired) electrons. The summed E-state index contributed by atoms with van der Waals surface area (Å²) in [7, 11) is 1.61. The maximum absolute atomic E-state index is 11.8. The number of amides is 3. The second-order valence-electron chi connectivity index (χ2n) is 5.15. The lowest BCUT2D eigenvalue weighted by Crippen LogP contribution is -2.45.